The Balaban J connectivity index is 0.736. The molecule has 18 nitrogen and oxygen atoms in total. The maximum atomic E-state index is 15.8. The Hall–Kier alpha value is -5.64. The Morgan fingerprint density at radius 1 is 0.929 bits per heavy atom. The molecule has 0 spiro atoms. The van der Waals surface area contributed by atoms with Crippen molar-refractivity contribution in [3.8, 4) is 17.0 Å². The largest absolute Gasteiger partial charge is 0.486 e. The van der Waals surface area contributed by atoms with Crippen molar-refractivity contribution >= 4 is 73.5 Å². The average molecular weight is 1020 g/mol. The number of nitrogens with zero attached hydrogens (tertiary/aromatic N) is 9. The van der Waals surface area contributed by atoms with Crippen LogP contribution in [0.3, 0.4) is 0 Å². The number of halogens is 3. The van der Waals surface area contributed by atoms with Crippen molar-refractivity contribution in [3.63, 3.8) is 0 Å². The van der Waals surface area contributed by atoms with E-state index in [1.54, 1.807) is 35.4 Å². The van der Waals surface area contributed by atoms with Gasteiger partial charge in [-0.05, 0) is 107 Å². The molecule has 0 bridgehead atoms. The highest BCUT2D eigenvalue weighted by Gasteiger charge is 2.38. The Labute approximate surface area is 416 Å². The fourth-order valence-corrected chi connectivity index (χ4v) is 12.8. The van der Waals surface area contributed by atoms with Crippen molar-refractivity contribution in [2.24, 2.45) is 5.84 Å². The molecule has 4 amide bonds. The number of benzene rings is 2. The summed E-state index contributed by atoms with van der Waals surface area (Å²) in [6, 6.07) is 11.7. The molecule has 4 fully saturated rings. The number of hydrazine groups is 1. The number of rotatable bonds is 13. The Morgan fingerprint density at radius 3 is 2.30 bits per heavy atom. The fraction of sp³-hybridized carbons (Fsp3) is 0.458. The van der Waals surface area contributed by atoms with Gasteiger partial charge < -0.3 is 24.4 Å². The number of amides is 4. The highest BCUT2D eigenvalue weighted by Crippen LogP contribution is 2.39. The molecule has 9 rings (SSSR count). The molecule has 4 N–H and O–H groups in total. The zero-order valence-electron chi connectivity index (χ0n) is 39.3. The van der Waals surface area contributed by atoms with E-state index < -0.39 is 33.5 Å². The molecular weight excluding hydrogens is 963 g/mol. The Morgan fingerprint density at radius 2 is 1.64 bits per heavy atom. The van der Waals surface area contributed by atoms with Gasteiger partial charge in [-0.1, -0.05) is 23.2 Å². The van der Waals surface area contributed by atoms with Gasteiger partial charge in [0.25, 0.3) is 0 Å². The number of likely N-dealkylation sites (tertiary alicyclic amines) is 2. The van der Waals surface area contributed by atoms with Crippen LogP contribution in [0.5, 0.6) is 5.75 Å². The van der Waals surface area contributed by atoms with Gasteiger partial charge in [-0.3, -0.25) is 29.9 Å². The smallest absolute Gasteiger partial charge is 0.324 e. The molecule has 2 atom stereocenters. The van der Waals surface area contributed by atoms with E-state index in [0.717, 1.165) is 22.3 Å². The van der Waals surface area contributed by atoms with Crippen LogP contribution in [0.25, 0.3) is 22.2 Å². The van der Waals surface area contributed by atoms with Gasteiger partial charge in [-0.15, -0.1) is 0 Å². The van der Waals surface area contributed by atoms with Gasteiger partial charge in [0.1, 0.15) is 29.2 Å². The van der Waals surface area contributed by atoms with Gasteiger partial charge in [0.15, 0.2) is 0 Å². The monoisotopic (exact) mass is 1020 g/mol. The fourth-order valence-electron chi connectivity index (χ4n) is 10.2. The topological polar surface area (TPSA) is 207 Å². The van der Waals surface area contributed by atoms with Gasteiger partial charge in [0.05, 0.1) is 39.1 Å². The van der Waals surface area contributed by atoms with Crippen molar-refractivity contribution in [2.45, 2.75) is 69.3 Å². The number of piperazine rings is 1. The first kappa shape index (κ1) is 49.3. The first-order valence-electron chi connectivity index (χ1n) is 23.6. The van der Waals surface area contributed by atoms with Crippen LogP contribution in [0.1, 0.15) is 80.7 Å². The second-order valence-corrected chi connectivity index (χ2v) is 21.6. The summed E-state index contributed by atoms with van der Waals surface area (Å²) in [6.07, 6.45) is 6.59. The van der Waals surface area contributed by atoms with E-state index >= 15 is 4.39 Å². The van der Waals surface area contributed by atoms with Crippen molar-refractivity contribution < 1.29 is 31.9 Å². The zero-order valence-corrected chi connectivity index (χ0v) is 41.6. The number of carbonyl (C=O) groups is 3. The third-order valence-electron chi connectivity index (χ3n) is 14.2. The van der Waals surface area contributed by atoms with Crippen molar-refractivity contribution in [3.05, 3.63) is 93.6 Å². The summed E-state index contributed by atoms with van der Waals surface area (Å²) in [6.45, 7) is 7.66. The minimum Gasteiger partial charge on any atom is -0.486 e. The molecule has 2 aromatic carbocycles. The summed E-state index contributed by atoms with van der Waals surface area (Å²) in [5.41, 5.74) is 4.67. The average Bonchev–Trinajstić information content (AvgIpc) is 3.77. The van der Waals surface area contributed by atoms with E-state index in [-0.39, 0.29) is 43.1 Å². The number of pyridine rings is 2. The van der Waals surface area contributed by atoms with Gasteiger partial charge >= 0.3 is 6.03 Å². The molecule has 4 aliphatic rings. The molecule has 1 unspecified atom stereocenters. The van der Waals surface area contributed by atoms with Gasteiger partial charge in [-0.2, -0.15) is 9.40 Å². The van der Waals surface area contributed by atoms with E-state index in [0.29, 0.717) is 122 Å². The lowest BCUT2D eigenvalue weighted by atomic mass is 9.87. The van der Waals surface area contributed by atoms with Crippen LogP contribution in [0, 0.1) is 5.82 Å². The van der Waals surface area contributed by atoms with Crippen molar-refractivity contribution in [2.75, 3.05) is 82.4 Å². The molecule has 372 valence electrons. The predicted octanol–water partition coefficient (Wildman–Crippen LogP) is 6.24. The summed E-state index contributed by atoms with van der Waals surface area (Å²) in [4.78, 5) is 54.0. The number of H-pyrrole nitrogens is 1. The van der Waals surface area contributed by atoms with Crippen LogP contribution in [0.15, 0.2) is 61.1 Å². The molecule has 7 heterocycles. The second-order valence-electron chi connectivity index (χ2n) is 18.5. The third-order valence-corrected chi connectivity index (χ3v) is 17.2. The molecule has 4 saturated heterocycles. The first-order valence-corrected chi connectivity index (χ1v) is 25.9. The Kier molecular flexibility index (Phi) is 14.5. The molecule has 3 aromatic heterocycles. The van der Waals surface area contributed by atoms with Gasteiger partial charge in [0, 0.05) is 99.9 Å². The van der Waals surface area contributed by atoms with Crippen LogP contribution in [-0.2, 0) is 19.6 Å². The van der Waals surface area contributed by atoms with Crippen LogP contribution in [-0.4, -0.2) is 143 Å². The quantitative estimate of drug-likeness (QED) is 0.0884. The zero-order chi connectivity index (χ0) is 49.4. The molecular formula is C48H57Cl2FN12O6S. The van der Waals surface area contributed by atoms with Crippen molar-refractivity contribution in [1.29, 1.82) is 0 Å². The van der Waals surface area contributed by atoms with Crippen LogP contribution < -0.4 is 25.8 Å². The van der Waals surface area contributed by atoms with Crippen LogP contribution >= 0.6 is 23.2 Å². The summed E-state index contributed by atoms with van der Waals surface area (Å²) in [7, 11) is -1.93. The normalized spacial score (nSPS) is 19.1. The third kappa shape index (κ3) is 10.2. The van der Waals surface area contributed by atoms with Gasteiger partial charge in [-0.25, -0.2) is 28.4 Å². The number of sulfonamides is 1. The maximum Gasteiger partial charge on any atom is 0.324 e. The number of nitrogens with two attached hydrogens (primary N) is 1. The van der Waals surface area contributed by atoms with E-state index in [2.05, 4.69) is 30.3 Å². The lowest BCUT2D eigenvalue weighted by molar-refractivity contribution is -0.133. The van der Waals surface area contributed by atoms with E-state index in [1.165, 1.54) is 28.4 Å². The highest BCUT2D eigenvalue weighted by atomic mass is 35.5. The molecule has 70 heavy (non-hydrogen) atoms. The second kappa shape index (κ2) is 20.6. The number of aromatic amines is 1. The molecule has 0 aliphatic carbocycles. The van der Waals surface area contributed by atoms with E-state index in [4.69, 9.17) is 38.8 Å². The molecule has 4 aliphatic heterocycles. The number of aromatic nitrogens is 4. The van der Waals surface area contributed by atoms with E-state index in [1.807, 2.05) is 37.3 Å². The number of anilines is 2. The number of imide groups is 1. The standard InChI is InChI=1S/C48H57Cl2FN12O6S/c1-29(63-17-12-44(64)55-48(63)66)35-23-40(51)36(24-42(35)58(3)52)31-8-13-59(14-9-31)28-45(65)61-15-10-34(11-16-61)70(67,68)62-20-18-60(19-21-62)43-7-4-32(25-54-43)47-37-22-33(5-6-41(37)56-57-47)69-30(2)46-38(49)26-53-27-39(46)50/h4-7,22-27,29-31,34H,8-21,28,52H2,1-3H3,(H,56,57)(H,55,64,66)/t29?,30-/m1/s1. The molecule has 0 saturated carbocycles. The minimum atomic E-state index is -3.59. The molecule has 0 radical (unpaired) electrons. The lowest BCUT2D eigenvalue weighted by Gasteiger charge is -2.39. The summed E-state index contributed by atoms with van der Waals surface area (Å²) >= 11 is 12.7. The number of ether oxygens (including phenoxy) is 1. The molecule has 22 heteroatoms. The molecule has 5 aromatic rings. The number of fused-ring (bicyclic) bond motifs is 1. The van der Waals surface area contributed by atoms with Crippen molar-refractivity contribution in [1.82, 2.24) is 44.5 Å². The SMILES string of the molecule is CC(c1cc(F)c(C2CCN(CC(=O)N3CCC(S(=O)(=O)N4CCN(c5ccc(-c6n[nH]c7ccc(O[C@H](C)c8c(Cl)cncc8Cl)cc67)cn5)CC4)CC3)CC2)cc1N(C)N)N1CCC(=O)NC1=O. The number of hydrogen-bond donors (Lipinski definition) is 3. The summed E-state index contributed by atoms with van der Waals surface area (Å²) in [5, 5.41) is 12.5. The lowest BCUT2D eigenvalue weighted by Crippen LogP contribution is -2.54. The van der Waals surface area contributed by atoms with Crippen LogP contribution in [0.2, 0.25) is 10.0 Å². The number of piperidine rings is 2. The highest BCUT2D eigenvalue weighted by molar-refractivity contribution is 7.89. The van der Waals surface area contributed by atoms with Gasteiger partial charge in [0.2, 0.25) is 21.8 Å². The number of urea groups is 1. The summed E-state index contributed by atoms with van der Waals surface area (Å²) in [5.74, 6) is 6.72. The maximum absolute atomic E-state index is 15.8. The minimum absolute atomic E-state index is 0.0382. The Bertz CT molecular complexity index is 2850. The van der Waals surface area contributed by atoms with E-state index in [9.17, 15) is 22.8 Å². The number of nitrogens with one attached hydrogen (secondary N) is 2. The number of hydrogen-bond acceptors (Lipinski definition) is 13. The first-order chi connectivity index (χ1) is 33.5. The summed E-state index contributed by atoms with van der Waals surface area (Å²) < 4.78 is 51.5. The van der Waals surface area contributed by atoms with Crippen LogP contribution in [0.4, 0.5) is 20.7 Å². The predicted molar refractivity (Wildman–Crippen MR) is 266 cm³/mol. The number of carbonyl (C=O) groups excluding carboxylic acids is 3.